The lowest BCUT2D eigenvalue weighted by molar-refractivity contribution is -0.134. The molecule has 2 unspecified atom stereocenters. The molecule has 2 rings (SSSR count). The molecule has 104 valence electrons. The van der Waals surface area contributed by atoms with E-state index in [0.717, 1.165) is 24.9 Å². The van der Waals surface area contributed by atoms with Gasteiger partial charge in [-0.1, -0.05) is 44.2 Å². The summed E-state index contributed by atoms with van der Waals surface area (Å²) in [6.45, 7) is 5.22. The number of amides is 1. The largest absolute Gasteiger partial charge is 0.338 e. The van der Waals surface area contributed by atoms with Crippen molar-refractivity contribution in [2.24, 2.45) is 11.7 Å². The van der Waals surface area contributed by atoms with Crippen molar-refractivity contribution in [1.82, 2.24) is 4.90 Å². The van der Waals surface area contributed by atoms with E-state index in [1.54, 1.807) is 0 Å². The summed E-state index contributed by atoms with van der Waals surface area (Å²) in [6, 6.07) is 9.95. The molecule has 1 aromatic rings. The van der Waals surface area contributed by atoms with Crippen LogP contribution in [0.3, 0.4) is 0 Å². The first-order valence-corrected chi connectivity index (χ1v) is 7.19. The molecule has 3 nitrogen and oxygen atoms in total. The van der Waals surface area contributed by atoms with Gasteiger partial charge in [-0.25, -0.2) is 0 Å². The standard InChI is InChI=1S/C16H24N2O/c1-12(2)15-9-6-10-18(15)16(19)14(17)11-13-7-4-3-5-8-13/h3-5,7-8,12,14-15H,6,9-11,17H2,1-2H3. The number of benzene rings is 1. The van der Waals surface area contributed by atoms with E-state index in [1.165, 1.54) is 0 Å². The molecular formula is C16H24N2O. The molecule has 0 spiro atoms. The highest BCUT2D eigenvalue weighted by atomic mass is 16.2. The minimum absolute atomic E-state index is 0.111. The van der Waals surface area contributed by atoms with E-state index >= 15 is 0 Å². The summed E-state index contributed by atoms with van der Waals surface area (Å²) in [5.41, 5.74) is 7.23. The highest BCUT2D eigenvalue weighted by Gasteiger charge is 2.33. The number of rotatable bonds is 4. The molecule has 2 N–H and O–H groups in total. The summed E-state index contributed by atoms with van der Waals surface area (Å²) in [7, 11) is 0. The summed E-state index contributed by atoms with van der Waals surface area (Å²) < 4.78 is 0. The third-order valence-electron chi connectivity index (χ3n) is 3.97. The number of likely N-dealkylation sites (tertiary alicyclic amines) is 1. The van der Waals surface area contributed by atoms with Crippen molar-refractivity contribution in [1.29, 1.82) is 0 Å². The number of hydrogen-bond acceptors (Lipinski definition) is 2. The van der Waals surface area contributed by atoms with Crippen LogP contribution < -0.4 is 5.73 Å². The summed E-state index contributed by atoms with van der Waals surface area (Å²) >= 11 is 0. The van der Waals surface area contributed by atoms with Crippen LogP contribution in [-0.4, -0.2) is 29.4 Å². The first-order chi connectivity index (χ1) is 9.09. The molecule has 1 aliphatic heterocycles. The van der Waals surface area contributed by atoms with E-state index in [1.807, 2.05) is 35.2 Å². The lowest BCUT2D eigenvalue weighted by Crippen LogP contribution is -2.48. The van der Waals surface area contributed by atoms with Crippen LogP contribution in [0.4, 0.5) is 0 Å². The van der Waals surface area contributed by atoms with Gasteiger partial charge in [-0.15, -0.1) is 0 Å². The van der Waals surface area contributed by atoms with E-state index in [-0.39, 0.29) is 5.91 Å². The van der Waals surface area contributed by atoms with Gasteiger partial charge in [0, 0.05) is 12.6 Å². The Morgan fingerprint density at radius 3 is 2.68 bits per heavy atom. The smallest absolute Gasteiger partial charge is 0.240 e. The molecular weight excluding hydrogens is 236 g/mol. The number of hydrogen-bond donors (Lipinski definition) is 1. The van der Waals surface area contributed by atoms with E-state index in [0.29, 0.717) is 18.4 Å². The maximum absolute atomic E-state index is 12.5. The second-order valence-corrected chi connectivity index (χ2v) is 5.78. The Hall–Kier alpha value is -1.35. The van der Waals surface area contributed by atoms with E-state index in [9.17, 15) is 4.79 Å². The third kappa shape index (κ3) is 3.35. The van der Waals surface area contributed by atoms with Crippen LogP contribution in [0.25, 0.3) is 0 Å². The van der Waals surface area contributed by atoms with Gasteiger partial charge < -0.3 is 10.6 Å². The van der Waals surface area contributed by atoms with Crippen LogP contribution in [0.15, 0.2) is 30.3 Å². The Balaban J connectivity index is 1.99. The van der Waals surface area contributed by atoms with Gasteiger partial charge in [0.1, 0.15) is 0 Å². The molecule has 1 aliphatic rings. The monoisotopic (exact) mass is 260 g/mol. The predicted octanol–water partition coefficient (Wildman–Crippen LogP) is 2.20. The van der Waals surface area contributed by atoms with Gasteiger partial charge in [0.05, 0.1) is 6.04 Å². The van der Waals surface area contributed by atoms with Gasteiger partial charge >= 0.3 is 0 Å². The summed E-state index contributed by atoms with van der Waals surface area (Å²) in [5, 5.41) is 0. The van der Waals surface area contributed by atoms with Crippen molar-refractivity contribution in [3.63, 3.8) is 0 Å². The Labute approximate surface area is 115 Å². The van der Waals surface area contributed by atoms with E-state index < -0.39 is 6.04 Å². The van der Waals surface area contributed by atoms with Crippen LogP contribution in [0, 0.1) is 5.92 Å². The molecule has 1 amide bonds. The summed E-state index contributed by atoms with van der Waals surface area (Å²) in [5.74, 6) is 0.621. The minimum atomic E-state index is -0.415. The Morgan fingerprint density at radius 1 is 1.37 bits per heavy atom. The second kappa shape index (κ2) is 6.20. The molecule has 0 radical (unpaired) electrons. The maximum atomic E-state index is 12.5. The van der Waals surface area contributed by atoms with Crippen molar-refractivity contribution >= 4 is 5.91 Å². The molecule has 0 saturated carbocycles. The third-order valence-corrected chi connectivity index (χ3v) is 3.97. The van der Waals surface area contributed by atoms with Crippen molar-refractivity contribution in [3.8, 4) is 0 Å². The molecule has 1 heterocycles. The van der Waals surface area contributed by atoms with Crippen molar-refractivity contribution in [2.75, 3.05) is 6.54 Å². The van der Waals surface area contributed by atoms with Gasteiger partial charge in [-0.2, -0.15) is 0 Å². The highest BCUT2D eigenvalue weighted by molar-refractivity contribution is 5.82. The quantitative estimate of drug-likeness (QED) is 0.902. The van der Waals surface area contributed by atoms with Gasteiger partial charge in [0.25, 0.3) is 0 Å². The lowest BCUT2D eigenvalue weighted by atomic mass is 10.0. The number of nitrogens with zero attached hydrogens (tertiary/aromatic N) is 1. The van der Waals surface area contributed by atoms with Crippen LogP contribution in [-0.2, 0) is 11.2 Å². The Morgan fingerprint density at radius 2 is 2.05 bits per heavy atom. The average Bonchev–Trinajstić information content (AvgIpc) is 2.88. The van der Waals surface area contributed by atoms with Gasteiger partial charge in [0.2, 0.25) is 5.91 Å². The number of carbonyl (C=O) groups excluding carboxylic acids is 1. The van der Waals surface area contributed by atoms with Gasteiger partial charge in [-0.05, 0) is 30.7 Å². The molecule has 0 aromatic heterocycles. The molecule has 2 atom stereocenters. The second-order valence-electron chi connectivity index (χ2n) is 5.78. The molecule has 0 aliphatic carbocycles. The highest BCUT2D eigenvalue weighted by Crippen LogP contribution is 2.24. The van der Waals surface area contributed by atoms with E-state index in [4.69, 9.17) is 5.73 Å². The lowest BCUT2D eigenvalue weighted by Gasteiger charge is -2.30. The predicted molar refractivity (Wildman–Crippen MR) is 77.7 cm³/mol. The van der Waals surface area contributed by atoms with E-state index in [2.05, 4.69) is 13.8 Å². The zero-order valence-corrected chi connectivity index (χ0v) is 11.9. The molecule has 19 heavy (non-hydrogen) atoms. The molecule has 3 heteroatoms. The van der Waals surface area contributed by atoms with Gasteiger partial charge in [0.15, 0.2) is 0 Å². The van der Waals surface area contributed by atoms with Crippen molar-refractivity contribution in [2.45, 2.75) is 45.2 Å². The SMILES string of the molecule is CC(C)C1CCCN1C(=O)C(N)Cc1ccccc1. The summed E-state index contributed by atoms with van der Waals surface area (Å²) in [6.07, 6.45) is 2.84. The summed E-state index contributed by atoms with van der Waals surface area (Å²) in [4.78, 5) is 14.5. The normalized spacial score (nSPS) is 20.8. The average molecular weight is 260 g/mol. The van der Waals surface area contributed by atoms with Crippen LogP contribution in [0.1, 0.15) is 32.3 Å². The topological polar surface area (TPSA) is 46.3 Å². The minimum Gasteiger partial charge on any atom is -0.338 e. The zero-order valence-electron chi connectivity index (χ0n) is 11.9. The first kappa shape index (κ1) is 14.1. The van der Waals surface area contributed by atoms with Crippen molar-refractivity contribution < 1.29 is 4.79 Å². The zero-order chi connectivity index (χ0) is 13.8. The fourth-order valence-electron chi connectivity index (χ4n) is 2.93. The van der Waals surface area contributed by atoms with Crippen LogP contribution in [0.5, 0.6) is 0 Å². The van der Waals surface area contributed by atoms with Crippen LogP contribution >= 0.6 is 0 Å². The first-order valence-electron chi connectivity index (χ1n) is 7.19. The Kier molecular flexibility index (Phi) is 4.59. The Bertz CT molecular complexity index is 416. The molecule has 1 saturated heterocycles. The molecule has 1 fully saturated rings. The maximum Gasteiger partial charge on any atom is 0.240 e. The van der Waals surface area contributed by atoms with Crippen molar-refractivity contribution in [3.05, 3.63) is 35.9 Å². The van der Waals surface area contributed by atoms with Gasteiger partial charge in [-0.3, -0.25) is 4.79 Å². The number of carbonyl (C=O) groups is 1. The molecule has 0 bridgehead atoms. The van der Waals surface area contributed by atoms with Crippen LogP contribution in [0.2, 0.25) is 0 Å². The fraction of sp³-hybridized carbons (Fsp3) is 0.562. The number of nitrogens with two attached hydrogens (primary N) is 1. The fourth-order valence-corrected chi connectivity index (χ4v) is 2.93. The molecule has 1 aromatic carbocycles.